The zero-order valence-electron chi connectivity index (χ0n) is 12.4. The van der Waals surface area contributed by atoms with E-state index in [0.29, 0.717) is 12.3 Å². The second-order valence-corrected chi connectivity index (χ2v) is 4.69. The van der Waals surface area contributed by atoms with Crippen LogP contribution in [0.1, 0.15) is 6.42 Å². The Morgan fingerprint density at radius 1 is 1.55 bits per heavy atom. The summed E-state index contributed by atoms with van der Waals surface area (Å²) in [4.78, 5) is 13.5. The average molecular weight is 281 g/mol. The first-order valence-electron chi connectivity index (χ1n) is 6.51. The summed E-state index contributed by atoms with van der Waals surface area (Å²) in [7, 11) is 4.71. The van der Waals surface area contributed by atoms with Crippen molar-refractivity contribution >= 4 is 11.6 Å². The zero-order chi connectivity index (χ0) is 15.1. The summed E-state index contributed by atoms with van der Waals surface area (Å²) >= 11 is 0. The van der Waals surface area contributed by atoms with Crippen LogP contribution in [0, 0.1) is 5.41 Å². The molecule has 1 fully saturated rings. The van der Waals surface area contributed by atoms with Gasteiger partial charge in [-0.25, -0.2) is 0 Å². The van der Waals surface area contributed by atoms with E-state index >= 15 is 0 Å². The van der Waals surface area contributed by atoms with Crippen molar-refractivity contribution in [1.82, 2.24) is 10.2 Å². The van der Waals surface area contributed by atoms with Crippen molar-refractivity contribution < 1.29 is 14.3 Å². The predicted molar refractivity (Wildman–Crippen MR) is 77.9 cm³/mol. The van der Waals surface area contributed by atoms with Gasteiger partial charge in [-0.1, -0.05) is 6.58 Å². The lowest BCUT2D eigenvalue weighted by Gasteiger charge is -2.18. The molecule has 0 aromatic carbocycles. The first-order chi connectivity index (χ1) is 9.51. The van der Waals surface area contributed by atoms with E-state index in [9.17, 15) is 4.79 Å². The van der Waals surface area contributed by atoms with Crippen LogP contribution in [0.5, 0.6) is 0 Å². The van der Waals surface area contributed by atoms with E-state index in [1.807, 2.05) is 0 Å². The number of amides is 1. The molecule has 0 aromatic heterocycles. The molecule has 0 radical (unpaired) electrons. The van der Waals surface area contributed by atoms with Gasteiger partial charge in [0.1, 0.15) is 11.5 Å². The van der Waals surface area contributed by atoms with Gasteiger partial charge < -0.3 is 14.8 Å². The van der Waals surface area contributed by atoms with Crippen molar-refractivity contribution in [3.05, 3.63) is 24.0 Å². The maximum absolute atomic E-state index is 11.3. The third kappa shape index (κ3) is 4.47. The molecule has 1 unspecified atom stereocenters. The first-order valence-corrected chi connectivity index (χ1v) is 6.51. The highest BCUT2D eigenvalue weighted by Crippen LogP contribution is 2.16. The van der Waals surface area contributed by atoms with Crippen molar-refractivity contribution in [1.29, 1.82) is 5.41 Å². The summed E-state index contributed by atoms with van der Waals surface area (Å²) in [6.07, 6.45) is 2.66. The second kappa shape index (κ2) is 7.81. The summed E-state index contributed by atoms with van der Waals surface area (Å²) in [5.74, 6) is 0.00689. The van der Waals surface area contributed by atoms with Crippen molar-refractivity contribution in [2.45, 2.75) is 12.5 Å². The molecule has 6 nitrogen and oxygen atoms in total. The largest absolute Gasteiger partial charge is 0.496 e. The summed E-state index contributed by atoms with van der Waals surface area (Å²) in [6, 6.07) is 0. The molecule has 20 heavy (non-hydrogen) atoms. The van der Waals surface area contributed by atoms with Gasteiger partial charge in [-0.3, -0.25) is 15.1 Å². The molecule has 0 spiro atoms. The van der Waals surface area contributed by atoms with E-state index < -0.39 is 5.91 Å². The standard InChI is InChI=1S/C14H23N3O3/c1-10(8-17-6-5-11(9-17)19-3)13(20-4)7-12(15)14(18)16-2/h7,11,15H,1,5-6,8-9H2,2-4H3,(H,16,18)/b13-7+,15-12?. The number of methoxy groups -OCH3 is 2. The Bertz CT molecular complexity index is 418. The van der Waals surface area contributed by atoms with E-state index in [-0.39, 0.29) is 11.8 Å². The van der Waals surface area contributed by atoms with Gasteiger partial charge in [0.15, 0.2) is 0 Å². The van der Waals surface area contributed by atoms with Crippen LogP contribution < -0.4 is 5.32 Å². The topological polar surface area (TPSA) is 74.7 Å². The Hall–Kier alpha value is -1.66. The minimum absolute atomic E-state index is 0.151. The summed E-state index contributed by atoms with van der Waals surface area (Å²) in [6.45, 7) is 6.42. The zero-order valence-corrected chi connectivity index (χ0v) is 12.4. The predicted octanol–water partition coefficient (Wildman–Crippen LogP) is 0.559. The molecule has 0 aromatic rings. The number of nitrogens with zero attached hydrogens (tertiary/aromatic N) is 1. The fraction of sp³-hybridized carbons (Fsp3) is 0.571. The van der Waals surface area contributed by atoms with E-state index in [2.05, 4.69) is 16.8 Å². The summed E-state index contributed by atoms with van der Waals surface area (Å²) < 4.78 is 10.5. The van der Waals surface area contributed by atoms with Gasteiger partial charge in [0.2, 0.25) is 0 Å². The van der Waals surface area contributed by atoms with E-state index in [1.54, 1.807) is 7.11 Å². The molecule has 1 atom stereocenters. The van der Waals surface area contributed by atoms with Gasteiger partial charge in [0.25, 0.3) is 5.91 Å². The molecule has 0 saturated carbocycles. The smallest absolute Gasteiger partial charge is 0.269 e. The van der Waals surface area contributed by atoms with Gasteiger partial charge in [0.05, 0.1) is 13.2 Å². The minimum atomic E-state index is -0.451. The average Bonchev–Trinajstić information content (AvgIpc) is 2.90. The molecule has 1 aliphatic heterocycles. The van der Waals surface area contributed by atoms with Crippen LogP contribution in [-0.4, -0.2) is 63.5 Å². The van der Waals surface area contributed by atoms with Crippen LogP contribution >= 0.6 is 0 Å². The molecule has 0 bridgehead atoms. The summed E-state index contributed by atoms with van der Waals surface area (Å²) in [5.41, 5.74) is 0.597. The molecule has 1 heterocycles. The molecule has 1 saturated heterocycles. The third-order valence-electron chi connectivity index (χ3n) is 3.29. The normalized spacial score (nSPS) is 19.8. The maximum Gasteiger partial charge on any atom is 0.269 e. The van der Waals surface area contributed by atoms with Gasteiger partial charge in [-0.05, 0) is 6.42 Å². The molecule has 112 valence electrons. The van der Waals surface area contributed by atoms with Crippen molar-refractivity contribution in [2.75, 3.05) is 40.9 Å². The van der Waals surface area contributed by atoms with Crippen LogP contribution in [0.2, 0.25) is 0 Å². The molecule has 6 heteroatoms. The van der Waals surface area contributed by atoms with Crippen LogP contribution in [0.4, 0.5) is 0 Å². The van der Waals surface area contributed by atoms with Crippen molar-refractivity contribution in [2.24, 2.45) is 0 Å². The van der Waals surface area contributed by atoms with Crippen molar-refractivity contribution in [3.8, 4) is 0 Å². The van der Waals surface area contributed by atoms with E-state index in [4.69, 9.17) is 14.9 Å². The Kier molecular flexibility index (Phi) is 6.41. The SMILES string of the molecule is C=C(CN1CCC(OC)C1)/C(=C\C(=N)C(=O)NC)OC. The molecule has 0 aliphatic carbocycles. The monoisotopic (exact) mass is 281 g/mol. The van der Waals surface area contributed by atoms with Gasteiger partial charge in [-0.15, -0.1) is 0 Å². The fourth-order valence-electron chi connectivity index (χ4n) is 2.12. The highest BCUT2D eigenvalue weighted by molar-refractivity contribution is 6.42. The third-order valence-corrected chi connectivity index (χ3v) is 3.29. The molecular formula is C14H23N3O3. The highest BCUT2D eigenvalue weighted by Gasteiger charge is 2.23. The lowest BCUT2D eigenvalue weighted by molar-refractivity contribution is -0.114. The molecule has 2 N–H and O–H groups in total. The maximum atomic E-state index is 11.3. The number of hydrogen-bond acceptors (Lipinski definition) is 5. The van der Waals surface area contributed by atoms with Gasteiger partial charge >= 0.3 is 0 Å². The number of hydrogen-bond donors (Lipinski definition) is 2. The lowest BCUT2D eigenvalue weighted by atomic mass is 10.2. The number of ether oxygens (including phenoxy) is 2. The summed E-state index contributed by atoms with van der Waals surface area (Å²) in [5, 5.41) is 10.0. The minimum Gasteiger partial charge on any atom is -0.496 e. The van der Waals surface area contributed by atoms with Crippen LogP contribution in [0.3, 0.4) is 0 Å². The van der Waals surface area contributed by atoms with E-state index in [1.165, 1.54) is 20.2 Å². The highest BCUT2D eigenvalue weighted by atomic mass is 16.5. The Morgan fingerprint density at radius 3 is 2.75 bits per heavy atom. The van der Waals surface area contributed by atoms with Crippen LogP contribution in [0.15, 0.2) is 24.0 Å². The number of rotatable bonds is 7. The van der Waals surface area contributed by atoms with E-state index in [0.717, 1.165) is 25.1 Å². The number of carbonyl (C=O) groups is 1. The molecule has 1 rings (SSSR count). The first kappa shape index (κ1) is 16.4. The Labute approximate surface area is 119 Å². The lowest BCUT2D eigenvalue weighted by Crippen LogP contribution is -2.27. The quantitative estimate of drug-likeness (QED) is 0.406. The molecule has 1 aliphatic rings. The van der Waals surface area contributed by atoms with Crippen LogP contribution in [0.25, 0.3) is 0 Å². The second-order valence-electron chi connectivity index (χ2n) is 4.69. The number of nitrogens with one attached hydrogen (secondary N) is 2. The fourth-order valence-corrected chi connectivity index (χ4v) is 2.12. The van der Waals surface area contributed by atoms with Gasteiger partial charge in [-0.2, -0.15) is 0 Å². The number of likely N-dealkylation sites (tertiary alicyclic amines) is 1. The Balaban J connectivity index is 2.61. The number of carbonyl (C=O) groups excluding carboxylic acids is 1. The van der Waals surface area contributed by atoms with Gasteiger partial charge in [0, 0.05) is 45.4 Å². The van der Waals surface area contributed by atoms with Crippen LogP contribution in [-0.2, 0) is 14.3 Å². The molecule has 1 amide bonds. The molecular weight excluding hydrogens is 258 g/mol. The van der Waals surface area contributed by atoms with Crippen molar-refractivity contribution in [3.63, 3.8) is 0 Å². The Morgan fingerprint density at radius 2 is 2.25 bits per heavy atom.